The topological polar surface area (TPSA) is 161 Å². The van der Waals surface area contributed by atoms with E-state index in [1.165, 1.54) is 23.2 Å². The molecule has 3 aromatic carbocycles. The molecule has 3 aromatic heterocycles. The summed E-state index contributed by atoms with van der Waals surface area (Å²) in [5.41, 5.74) is 10.4. The maximum atomic E-state index is 14.9. The number of carbonyl (C=O) groups excluding carboxylic acids is 2. The highest BCUT2D eigenvalue weighted by Crippen LogP contribution is 2.52. The zero-order chi connectivity index (χ0) is 50.7. The molecule has 16 heteroatoms. The third kappa shape index (κ3) is 9.27. The van der Waals surface area contributed by atoms with Gasteiger partial charge in [0, 0.05) is 49.3 Å². The normalized spacial score (nSPS) is 24.2. The quantitative estimate of drug-likeness (QED) is 0.128. The summed E-state index contributed by atoms with van der Waals surface area (Å²) >= 11 is 5.28. The predicted octanol–water partition coefficient (Wildman–Crippen LogP) is 9.70. The smallest absolute Gasteiger partial charge is 0.281 e. The van der Waals surface area contributed by atoms with E-state index in [2.05, 4.69) is 77.3 Å². The number of hydrogen-bond donors (Lipinski definition) is 2. The number of amides is 2. The van der Waals surface area contributed by atoms with E-state index in [-0.39, 0.29) is 53.6 Å². The largest absolute Gasteiger partial charge is 0.391 e. The first-order valence-corrected chi connectivity index (χ1v) is 29.1. The molecule has 0 unspecified atom stereocenters. The molecule has 4 atom stereocenters. The van der Waals surface area contributed by atoms with E-state index in [4.69, 9.17) is 14.8 Å². The Labute approximate surface area is 445 Å². The van der Waals surface area contributed by atoms with E-state index < -0.39 is 18.2 Å². The third-order valence-electron chi connectivity index (χ3n) is 18.0. The number of aromatic nitrogens is 6. The van der Waals surface area contributed by atoms with Crippen LogP contribution < -0.4 is 10.9 Å². The number of fused-ring (bicyclic) bond motifs is 7. The first-order valence-electron chi connectivity index (χ1n) is 27.4. The monoisotopic (exact) mass is 1080 g/mol. The lowest BCUT2D eigenvalue weighted by molar-refractivity contribution is -0.144. The molecular formula is C58H68BrN9O5S. The Morgan fingerprint density at radius 3 is 2.46 bits per heavy atom. The number of thiazole rings is 1. The fraction of sp³-hybridized carbons (Fsp3) is 0.534. The second-order valence-electron chi connectivity index (χ2n) is 22.5. The van der Waals surface area contributed by atoms with Crippen LogP contribution >= 0.6 is 27.3 Å². The SMILES string of the molecule is Cc1ncsc1-c1ccc([C@H](C)NC(=O)[C@@H]2C[C@@H](O)CN2C(=O)[C@H](C2CCOCC2)n2cc(C3CCC(CN4CCC(c5ccc6c(c5)-n5c(nc(=O)c7c(Br)cccc75)C65CCCCC5)CC4)CC3)nn2)cc1. The Morgan fingerprint density at radius 1 is 0.946 bits per heavy atom. The van der Waals surface area contributed by atoms with E-state index in [0.717, 1.165) is 127 Å². The minimum absolute atomic E-state index is 0.0350. The Balaban J connectivity index is 0.676. The lowest BCUT2D eigenvalue weighted by atomic mass is 9.69. The molecule has 14 nitrogen and oxygen atoms in total. The van der Waals surface area contributed by atoms with E-state index in [9.17, 15) is 19.5 Å². The number of piperidine rings is 1. The van der Waals surface area contributed by atoms with Crippen molar-refractivity contribution >= 4 is 50.0 Å². The molecule has 5 fully saturated rings. The fourth-order valence-electron chi connectivity index (χ4n) is 14.0. The number of rotatable bonds is 11. The van der Waals surface area contributed by atoms with Crippen LogP contribution in [0.5, 0.6) is 0 Å². The number of benzene rings is 3. The van der Waals surface area contributed by atoms with Crippen molar-refractivity contribution in [2.45, 2.75) is 145 Å². The van der Waals surface area contributed by atoms with Crippen molar-refractivity contribution in [2.75, 3.05) is 39.4 Å². The van der Waals surface area contributed by atoms with Gasteiger partial charge in [0.15, 0.2) is 0 Å². The van der Waals surface area contributed by atoms with Crippen LogP contribution in [-0.2, 0) is 19.7 Å². The minimum Gasteiger partial charge on any atom is -0.391 e. The van der Waals surface area contributed by atoms with Crippen molar-refractivity contribution in [1.29, 1.82) is 0 Å². The Bertz CT molecular complexity index is 3090. The molecule has 2 saturated carbocycles. The van der Waals surface area contributed by atoms with Gasteiger partial charge in [-0.15, -0.1) is 16.4 Å². The number of aliphatic hydroxyl groups is 1. The van der Waals surface area contributed by atoms with Crippen molar-refractivity contribution in [1.82, 2.24) is 44.6 Å². The number of ether oxygens (including phenoxy) is 1. The lowest BCUT2D eigenvalue weighted by Gasteiger charge is -2.37. The summed E-state index contributed by atoms with van der Waals surface area (Å²) in [6.45, 7) is 8.45. The molecule has 3 saturated heterocycles. The summed E-state index contributed by atoms with van der Waals surface area (Å²) in [7, 11) is 0. The zero-order valence-corrected chi connectivity index (χ0v) is 45.0. The van der Waals surface area contributed by atoms with Crippen LogP contribution in [0.25, 0.3) is 27.0 Å². The summed E-state index contributed by atoms with van der Waals surface area (Å²) in [5, 5.41) is 24.2. The molecule has 12 rings (SSSR count). The first kappa shape index (κ1) is 49.7. The number of aliphatic hydroxyl groups excluding tert-OH is 1. The van der Waals surface area contributed by atoms with Gasteiger partial charge in [0.25, 0.3) is 5.56 Å². The van der Waals surface area contributed by atoms with E-state index >= 15 is 0 Å². The van der Waals surface area contributed by atoms with E-state index in [0.29, 0.717) is 43.3 Å². The van der Waals surface area contributed by atoms with Gasteiger partial charge in [-0.05, 0) is 165 Å². The second-order valence-corrected chi connectivity index (χ2v) is 24.2. The van der Waals surface area contributed by atoms with Gasteiger partial charge >= 0.3 is 0 Å². The fourth-order valence-corrected chi connectivity index (χ4v) is 15.3. The summed E-state index contributed by atoms with van der Waals surface area (Å²) in [6, 6.07) is 19.7. The molecule has 6 aromatic rings. The number of hydrogen-bond acceptors (Lipinski definition) is 11. The molecule has 388 valence electrons. The van der Waals surface area contributed by atoms with Crippen molar-refractivity contribution < 1.29 is 19.4 Å². The summed E-state index contributed by atoms with van der Waals surface area (Å²) in [5.74, 6) is 1.82. The van der Waals surface area contributed by atoms with E-state index in [1.807, 2.05) is 49.8 Å². The van der Waals surface area contributed by atoms with Crippen molar-refractivity contribution in [3.05, 3.63) is 121 Å². The molecule has 2 N–H and O–H groups in total. The average molecular weight is 1080 g/mol. The number of nitrogens with zero attached hydrogens (tertiary/aromatic N) is 8. The maximum Gasteiger partial charge on any atom is 0.281 e. The predicted molar refractivity (Wildman–Crippen MR) is 290 cm³/mol. The minimum atomic E-state index is -0.801. The van der Waals surface area contributed by atoms with Crippen LogP contribution in [0.15, 0.2) is 81.6 Å². The van der Waals surface area contributed by atoms with Crippen molar-refractivity contribution in [3.63, 3.8) is 0 Å². The highest BCUT2D eigenvalue weighted by molar-refractivity contribution is 9.10. The van der Waals surface area contributed by atoms with Gasteiger partial charge in [0.2, 0.25) is 11.8 Å². The molecule has 0 radical (unpaired) electrons. The highest BCUT2D eigenvalue weighted by Gasteiger charge is 2.48. The Kier molecular flexibility index (Phi) is 14.0. The standard InChI is InChI=1S/C58H68BrN9O5S/c1-35(38-13-15-42(16-14-38)53-36(2)60-34-74-53)61-54(70)50-30-44(69)32-66(50)56(72)52(41-21-27-73-28-22-41)67-33-47(63-64-67)40-11-9-37(10-12-40)31-65-25-19-39(20-26-65)43-17-18-45-49(29-43)68-48-8-6-7-46(59)51(48)55(71)62-57(68)58(45)23-4-3-5-24-58/h6-8,13-18,29,33-35,37,39-41,44,50,52,69H,3-5,9-12,19-28,30-32H2,1-2H3,(H,61,70)/t35-,37?,40?,44+,50-,52-/m0/s1. The summed E-state index contributed by atoms with van der Waals surface area (Å²) < 4.78 is 10.6. The number of β-amino-alcohol motifs (C(OH)–C–C–N with tert-alkyl or cyclic N) is 1. The molecule has 2 amide bonds. The van der Waals surface area contributed by atoms with Crippen LogP contribution in [0, 0.1) is 18.8 Å². The van der Waals surface area contributed by atoms with Gasteiger partial charge < -0.3 is 25.0 Å². The van der Waals surface area contributed by atoms with Crippen LogP contribution in [0.3, 0.4) is 0 Å². The van der Waals surface area contributed by atoms with Crippen LogP contribution in [0.4, 0.5) is 0 Å². The second kappa shape index (κ2) is 20.8. The molecule has 0 bridgehead atoms. The average Bonchev–Trinajstić information content (AvgIpc) is 4.25. The van der Waals surface area contributed by atoms with Crippen LogP contribution in [0.1, 0.15) is 155 Å². The molecule has 1 spiro atoms. The van der Waals surface area contributed by atoms with Gasteiger partial charge in [-0.2, -0.15) is 4.98 Å². The van der Waals surface area contributed by atoms with Crippen molar-refractivity contribution in [3.8, 4) is 16.1 Å². The van der Waals surface area contributed by atoms with Gasteiger partial charge in [0.05, 0.1) is 55.9 Å². The molecule has 74 heavy (non-hydrogen) atoms. The van der Waals surface area contributed by atoms with Gasteiger partial charge in [-0.25, -0.2) is 9.67 Å². The number of nitrogens with one attached hydrogen (secondary N) is 1. The van der Waals surface area contributed by atoms with Gasteiger partial charge in [-0.1, -0.05) is 66.9 Å². The number of carbonyl (C=O) groups is 2. The molecule has 7 heterocycles. The molecule has 4 aliphatic heterocycles. The maximum absolute atomic E-state index is 14.9. The number of halogens is 1. The summed E-state index contributed by atoms with van der Waals surface area (Å²) in [6.07, 6.45) is 15.0. The van der Waals surface area contributed by atoms with E-state index in [1.54, 1.807) is 20.9 Å². The molecule has 2 aliphatic carbocycles. The van der Waals surface area contributed by atoms with Gasteiger partial charge in [0.1, 0.15) is 17.9 Å². The van der Waals surface area contributed by atoms with Crippen LogP contribution in [0.2, 0.25) is 0 Å². The zero-order valence-electron chi connectivity index (χ0n) is 42.6. The summed E-state index contributed by atoms with van der Waals surface area (Å²) in [4.78, 5) is 57.1. The number of aryl methyl sites for hydroxylation is 1. The molecular weight excluding hydrogens is 1010 g/mol. The Morgan fingerprint density at radius 2 is 1.72 bits per heavy atom. The highest BCUT2D eigenvalue weighted by atomic mass is 79.9. The third-order valence-corrected chi connectivity index (χ3v) is 19.7. The first-order chi connectivity index (χ1) is 36.0. The Hall–Kier alpha value is -5.13. The number of likely N-dealkylation sites (tertiary alicyclic amines) is 2. The lowest BCUT2D eigenvalue weighted by Crippen LogP contribution is -2.50. The van der Waals surface area contributed by atoms with Crippen molar-refractivity contribution in [2.24, 2.45) is 11.8 Å². The molecule has 6 aliphatic rings. The van der Waals surface area contributed by atoms with Crippen LogP contribution in [-0.4, -0.2) is 108 Å². The van der Waals surface area contributed by atoms with Gasteiger partial charge in [-0.3, -0.25) is 19.0 Å².